The maximum absolute atomic E-state index is 12.4. The van der Waals surface area contributed by atoms with Crippen molar-refractivity contribution in [2.45, 2.75) is 32.0 Å². The lowest BCUT2D eigenvalue weighted by molar-refractivity contribution is -0.160. The van der Waals surface area contributed by atoms with E-state index in [0.29, 0.717) is 0 Å². The average Bonchev–Trinajstić information content (AvgIpc) is 2.44. The van der Waals surface area contributed by atoms with Gasteiger partial charge in [0.25, 0.3) is 0 Å². The predicted molar refractivity (Wildman–Crippen MR) is 27.5 cm³/mol. The molecule has 0 aromatic heterocycles. The molecule has 0 bridgehead atoms. The van der Waals surface area contributed by atoms with Gasteiger partial charge in [0.2, 0.25) is 5.85 Å². The Morgan fingerprint density at radius 1 is 1.75 bits per heavy atom. The monoisotopic (exact) mass is 117 g/mol. The quantitative estimate of drug-likeness (QED) is 0.526. The summed E-state index contributed by atoms with van der Waals surface area (Å²) in [6, 6.07) is 0. The first-order valence-electron chi connectivity index (χ1n) is 3.06. The van der Waals surface area contributed by atoms with Crippen molar-refractivity contribution in [3.8, 4) is 0 Å². The zero-order valence-corrected chi connectivity index (χ0v) is 4.98. The van der Waals surface area contributed by atoms with Gasteiger partial charge in [0, 0.05) is 12.3 Å². The fourth-order valence-corrected chi connectivity index (χ4v) is 0.803. The molecular formula is C6H10FO. The summed E-state index contributed by atoms with van der Waals surface area (Å²) in [4.78, 5) is 0. The summed E-state index contributed by atoms with van der Waals surface area (Å²) in [5.41, 5.74) is 0. The fraction of sp³-hybridized carbons (Fsp3) is 1.00. The lowest BCUT2D eigenvalue weighted by Crippen LogP contribution is -2.20. The molecule has 0 aromatic carbocycles. The molecule has 1 rings (SSSR count). The molecule has 0 spiro atoms. The Balaban J connectivity index is 2.37. The molecule has 1 aliphatic carbocycles. The largest absolute Gasteiger partial charge is 0.243 e. The van der Waals surface area contributed by atoms with Gasteiger partial charge in [-0.05, 0) is 12.8 Å². The third-order valence-corrected chi connectivity index (χ3v) is 1.67. The number of halogens is 1. The highest BCUT2D eigenvalue weighted by molar-refractivity contribution is 4.85. The van der Waals surface area contributed by atoms with Crippen LogP contribution >= 0.6 is 0 Å². The first-order valence-corrected chi connectivity index (χ1v) is 3.06. The molecule has 0 heterocycles. The smallest absolute Gasteiger partial charge is 0.209 e. The summed E-state index contributed by atoms with van der Waals surface area (Å²) in [5.74, 6) is -2.26. The molecule has 1 atom stereocenters. The third kappa shape index (κ3) is 0.996. The molecule has 0 saturated heterocycles. The van der Waals surface area contributed by atoms with Gasteiger partial charge in [-0.1, -0.05) is 6.92 Å². The number of alkyl halides is 1. The van der Waals surface area contributed by atoms with E-state index < -0.39 is 5.85 Å². The summed E-state index contributed by atoms with van der Waals surface area (Å²) in [6.45, 7) is 1.60. The van der Waals surface area contributed by atoms with Crippen molar-refractivity contribution < 1.29 is 9.50 Å². The van der Waals surface area contributed by atoms with Crippen LogP contribution in [0.4, 0.5) is 4.39 Å². The maximum atomic E-state index is 12.4. The highest BCUT2D eigenvalue weighted by Crippen LogP contribution is 2.42. The van der Waals surface area contributed by atoms with Gasteiger partial charge in [0.1, 0.15) is 0 Å². The molecule has 0 N–H and O–H groups in total. The van der Waals surface area contributed by atoms with Crippen molar-refractivity contribution in [1.29, 1.82) is 0 Å². The summed E-state index contributed by atoms with van der Waals surface area (Å²) in [6.07, 6.45) is 1.72. The molecule has 1 saturated carbocycles. The minimum atomic E-state index is -2.10. The molecule has 1 fully saturated rings. The highest BCUT2D eigenvalue weighted by atomic mass is 19.2. The van der Waals surface area contributed by atoms with Crippen LogP contribution in [-0.4, -0.2) is 5.85 Å². The standard InChI is InChI=1S/C6H10FO/c1-2-6(7,8)5-3-4-5/h5H,2-4H2,1H3. The van der Waals surface area contributed by atoms with Crippen LogP contribution in [0.15, 0.2) is 0 Å². The van der Waals surface area contributed by atoms with Crippen molar-refractivity contribution >= 4 is 0 Å². The Hall–Kier alpha value is -0.110. The van der Waals surface area contributed by atoms with Crippen LogP contribution in [0.5, 0.6) is 0 Å². The fourth-order valence-electron chi connectivity index (χ4n) is 0.803. The van der Waals surface area contributed by atoms with E-state index in [9.17, 15) is 9.50 Å². The van der Waals surface area contributed by atoms with E-state index in [1.54, 1.807) is 6.92 Å². The SMILES string of the molecule is CCC([O])(F)C1CC1. The van der Waals surface area contributed by atoms with Gasteiger partial charge in [-0.25, -0.2) is 4.39 Å². The molecule has 1 radical (unpaired) electrons. The van der Waals surface area contributed by atoms with Crippen LogP contribution in [0.1, 0.15) is 26.2 Å². The minimum Gasteiger partial charge on any atom is -0.209 e. The van der Waals surface area contributed by atoms with E-state index >= 15 is 0 Å². The Morgan fingerprint density at radius 2 is 2.25 bits per heavy atom. The van der Waals surface area contributed by atoms with E-state index in [0.717, 1.165) is 12.8 Å². The van der Waals surface area contributed by atoms with Crippen LogP contribution in [-0.2, 0) is 5.11 Å². The molecule has 0 aliphatic heterocycles. The van der Waals surface area contributed by atoms with Gasteiger partial charge in [0.05, 0.1) is 0 Å². The van der Waals surface area contributed by atoms with Crippen molar-refractivity contribution in [2.24, 2.45) is 5.92 Å². The van der Waals surface area contributed by atoms with Gasteiger partial charge in [0.15, 0.2) is 0 Å². The van der Waals surface area contributed by atoms with E-state index in [1.165, 1.54) is 0 Å². The van der Waals surface area contributed by atoms with Gasteiger partial charge in [-0.2, -0.15) is 5.11 Å². The molecule has 47 valence electrons. The van der Waals surface area contributed by atoms with E-state index in [4.69, 9.17) is 0 Å². The summed E-state index contributed by atoms with van der Waals surface area (Å²) >= 11 is 0. The number of hydrogen-bond donors (Lipinski definition) is 0. The average molecular weight is 117 g/mol. The molecule has 0 amide bonds. The van der Waals surface area contributed by atoms with Crippen LogP contribution in [0.25, 0.3) is 0 Å². The maximum Gasteiger partial charge on any atom is 0.243 e. The van der Waals surface area contributed by atoms with E-state index in [-0.39, 0.29) is 12.3 Å². The molecule has 1 nitrogen and oxygen atoms in total. The lowest BCUT2D eigenvalue weighted by Gasteiger charge is -2.10. The van der Waals surface area contributed by atoms with Crippen molar-refractivity contribution in [1.82, 2.24) is 0 Å². The van der Waals surface area contributed by atoms with Gasteiger partial charge in [-0.3, -0.25) is 0 Å². The normalized spacial score (nSPS) is 27.4. The molecular weight excluding hydrogens is 107 g/mol. The lowest BCUT2D eigenvalue weighted by atomic mass is 10.1. The number of rotatable bonds is 2. The second kappa shape index (κ2) is 1.69. The van der Waals surface area contributed by atoms with Crippen LogP contribution in [0.3, 0.4) is 0 Å². The van der Waals surface area contributed by atoms with E-state index in [1.807, 2.05) is 0 Å². The Kier molecular flexibility index (Phi) is 1.27. The van der Waals surface area contributed by atoms with Gasteiger partial charge < -0.3 is 0 Å². The van der Waals surface area contributed by atoms with Crippen LogP contribution in [0, 0.1) is 5.92 Å². The molecule has 1 unspecified atom stereocenters. The highest BCUT2D eigenvalue weighted by Gasteiger charge is 2.44. The second-order valence-electron chi connectivity index (χ2n) is 2.41. The topological polar surface area (TPSA) is 19.9 Å². The number of hydrogen-bond acceptors (Lipinski definition) is 0. The predicted octanol–water partition coefficient (Wildman–Crippen LogP) is 1.90. The molecule has 0 aromatic rings. The molecule has 2 heteroatoms. The zero-order chi connectivity index (χ0) is 6.20. The molecule has 8 heavy (non-hydrogen) atoms. The Morgan fingerprint density at radius 3 is 2.38 bits per heavy atom. The third-order valence-electron chi connectivity index (χ3n) is 1.67. The van der Waals surface area contributed by atoms with Gasteiger partial charge >= 0.3 is 0 Å². The van der Waals surface area contributed by atoms with Crippen molar-refractivity contribution in [3.05, 3.63) is 0 Å². The van der Waals surface area contributed by atoms with Crippen molar-refractivity contribution in [2.75, 3.05) is 0 Å². The van der Waals surface area contributed by atoms with Crippen LogP contribution in [0.2, 0.25) is 0 Å². The summed E-state index contributed by atoms with van der Waals surface area (Å²) < 4.78 is 12.4. The van der Waals surface area contributed by atoms with Crippen LogP contribution < -0.4 is 0 Å². The van der Waals surface area contributed by atoms with Gasteiger partial charge in [-0.15, -0.1) is 0 Å². The molecule has 1 aliphatic rings. The van der Waals surface area contributed by atoms with Crippen molar-refractivity contribution in [3.63, 3.8) is 0 Å². The van der Waals surface area contributed by atoms with E-state index in [2.05, 4.69) is 0 Å². The minimum absolute atomic E-state index is 0.123. The summed E-state index contributed by atoms with van der Waals surface area (Å²) in [7, 11) is 0. The zero-order valence-electron chi connectivity index (χ0n) is 4.98. The Bertz CT molecular complexity index is 86.5. The first-order chi connectivity index (χ1) is 3.67. The summed E-state index contributed by atoms with van der Waals surface area (Å²) in [5, 5.41) is 10.6. The second-order valence-corrected chi connectivity index (χ2v) is 2.41. The first kappa shape index (κ1) is 6.02. The Labute approximate surface area is 48.5 Å².